The first-order valence-electron chi connectivity index (χ1n) is 7.65. The lowest BCUT2D eigenvalue weighted by Crippen LogP contribution is -2.40. The van der Waals surface area contributed by atoms with Gasteiger partial charge in [0.1, 0.15) is 0 Å². The van der Waals surface area contributed by atoms with Crippen LogP contribution < -0.4 is 16.0 Å². The zero-order chi connectivity index (χ0) is 19.1. The highest BCUT2D eigenvalue weighted by atomic mass is 79.9. The highest BCUT2D eigenvalue weighted by Crippen LogP contribution is 2.25. The number of fused-ring (bicyclic) bond motifs is 1. The molecule has 0 radical (unpaired) electrons. The number of nitrogens with one attached hydrogen (secondary N) is 3. The molecule has 0 aliphatic rings. The molecule has 0 spiro atoms. The molecule has 0 unspecified atom stereocenters. The molecule has 0 amide bonds. The topological polar surface area (TPSA) is 112 Å². The SMILES string of the molecule is CC(C)(NS(=O)(=O)c1ccc2[nH]c(=O)[nH]c(=O)c2c1)c1ccc(Br)cc1. The highest BCUT2D eigenvalue weighted by Gasteiger charge is 2.28. The molecule has 0 aliphatic carbocycles. The zero-order valence-electron chi connectivity index (χ0n) is 14.0. The van der Waals surface area contributed by atoms with Crippen molar-refractivity contribution < 1.29 is 8.42 Å². The van der Waals surface area contributed by atoms with Gasteiger partial charge in [-0.25, -0.2) is 17.9 Å². The van der Waals surface area contributed by atoms with Gasteiger partial charge in [0.05, 0.1) is 21.3 Å². The van der Waals surface area contributed by atoms with Gasteiger partial charge in [0, 0.05) is 4.47 Å². The minimum atomic E-state index is -3.90. The van der Waals surface area contributed by atoms with Gasteiger partial charge in [-0.2, -0.15) is 0 Å². The summed E-state index contributed by atoms with van der Waals surface area (Å²) in [4.78, 5) is 27.7. The molecular formula is C17H16BrN3O4S. The number of aromatic amines is 2. The maximum Gasteiger partial charge on any atom is 0.326 e. The smallest absolute Gasteiger partial charge is 0.307 e. The normalized spacial score (nSPS) is 12.4. The average Bonchev–Trinajstić information content (AvgIpc) is 2.53. The van der Waals surface area contributed by atoms with Crippen LogP contribution in [0.25, 0.3) is 10.9 Å². The van der Waals surface area contributed by atoms with Crippen LogP contribution >= 0.6 is 15.9 Å². The minimum Gasteiger partial charge on any atom is -0.307 e. The quantitative estimate of drug-likeness (QED) is 0.580. The first-order valence-corrected chi connectivity index (χ1v) is 9.92. The second-order valence-electron chi connectivity index (χ2n) is 6.35. The van der Waals surface area contributed by atoms with Crippen LogP contribution in [-0.2, 0) is 15.6 Å². The van der Waals surface area contributed by atoms with Crippen LogP contribution in [0.1, 0.15) is 19.4 Å². The van der Waals surface area contributed by atoms with E-state index in [1.165, 1.54) is 18.2 Å². The number of hydrogen-bond acceptors (Lipinski definition) is 4. The van der Waals surface area contributed by atoms with Gasteiger partial charge < -0.3 is 4.98 Å². The van der Waals surface area contributed by atoms with Gasteiger partial charge in [0.25, 0.3) is 5.56 Å². The Hall–Kier alpha value is -2.23. The number of benzene rings is 2. The predicted octanol–water partition coefficient (Wildman–Crippen LogP) is 2.19. The van der Waals surface area contributed by atoms with Crippen molar-refractivity contribution in [2.45, 2.75) is 24.3 Å². The highest BCUT2D eigenvalue weighted by molar-refractivity contribution is 9.10. The molecule has 7 nitrogen and oxygen atoms in total. The van der Waals surface area contributed by atoms with Crippen LogP contribution in [-0.4, -0.2) is 18.4 Å². The van der Waals surface area contributed by atoms with Crippen molar-refractivity contribution in [2.24, 2.45) is 0 Å². The Labute approximate surface area is 157 Å². The van der Waals surface area contributed by atoms with E-state index in [9.17, 15) is 18.0 Å². The van der Waals surface area contributed by atoms with E-state index in [-0.39, 0.29) is 15.8 Å². The Morgan fingerprint density at radius 2 is 1.65 bits per heavy atom. The lowest BCUT2D eigenvalue weighted by molar-refractivity contribution is 0.472. The van der Waals surface area contributed by atoms with E-state index in [4.69, 9.17) is 0 Å². The number of hydrogen-bond donors (Lipinski definition) is 3. The largest absolute Gasteiger partial charge is 0.326 e. The molecule has 136 valence electrons. The molecule has 2 aromatic carbocycles. The Morgan fingerprint density at radius 1 is 1.00 bits per heavy atom. The van der Waals surface area contributed by atoms with Gasteiger partial charge in [-0.15, -0.1) is 0 Å². The van der Waals surface area contributed by atoms with Gasteiger partial charge in [-0.05, 0) is 49.7 Å². The third kappa shape index (κ3) is 3.64. The number of sulfonamides is 1. The molecular weight excluding hydrogens is 422 g/mol. The molecule has 1 heterocycles. The molecule has 0 saturated carbocycles. The maximum atomic E-state index is 12.8. The number of H-pyrrole nitrogens is 2. The molecule has 0 saturated heterocycles. The standard InChI is InChI=1S/C17H16BrN3O4S/c1-17(2,10-3-5-11(18)6-4-10)21-26(24,25)12-7-8-14-13(9-12)15(22)20-16(23)19-14/h3-9,21H,1-2H3,(H2,19,20,22,23). The van der Waals surface area contributed by atoms with Crippen molar-refractivity contribution >= 4 is 36.9 Å². The van der Waals surface area contributed by atoms with Gasteiger partial charge >= 0.3 is 5.69 Å². The summed E-state index contributed by atoms with van der Waals surface area (Å²) in [6.07, 6.45) is 0. The number of rotatable bonds is 4. The second kappa shape index (κ2) is 6.49. The molecule has 3 rings (SSSR count). The average molecular weight is 438 g/mol. The summed E-state index contributed by atoms with van der Waals surface area (Å²) < 4.78 is 29.2. The molecule has 3 N–H and O–H groups in total. The predicted molar refractivity (Wildman–Crippen MR) is 103 cm³/mol. The van der Waals surface area contributed by atoms with Crippen LogP contribution in [0.15, 0.2) is 61.4 Å². The third-order valence-corrected chi connectivity index (χ3v) is 6.16. The lowest BCUT2D eigenvalue weighted by Gasteiger charge is -2.26. The Balaban J connectivity index is 2.02. The fourth-order valence-corrected chi connectivity index (χ4v) is 4.32. The molecule has 0 atom stereocenters. The van der Waals surface area contributed by atoms with Gasteiger partial charge in [0.2, 0.25) is 10.0 Å². The summed E-state index contributed by atoms with van der Waals surface area (Å²) in [6, 6.07) is 11.3. The number of aromatic nitrogens is 2. The summed E-state index contributed by atoms with van der Waals surface area (Å²) in [6.45, 7) is 3.50. The van der Waals surface area contributed by atoms with Crippen LogP contribution in [0.5, 0.6) is 0 Å². The van der Waals surface area contributed by atoms with Crippen molar-refractivity contribution in [3.8, 4) is 0 Å². The van der Waals surface area contributed by atoms with Crippen LogP contribution in [0.2, 0.25) is 0 Å². The summed E-state index contributed by atoms with van der Waals surface area (Å²) >= 11 is 3.35. The number of halogens is 1. The Morgan fingerprint density at radius 3 is 2.31 bits per heavy atom. The molecule has 0 bridgehead atoms. The fraction of sp³-hybridized carbons (Fsp3) is 0.176. The van der Waals surface area contributed by atoms with E-state index in [1.54, 1.807) is 13.8 Å². The summed E-state index contributed by atoms with van der Waals surface area (Å²) in [5.41, 5.74) is -1.11. The van der Waals surface area contributed by atoms with Crippen molar-refractivity contribution in [3.05, 3.63) is 73.3 Å². The van der Waals surface area contributed by atoms with Crippen molar-refractivity contribution in [2.75, 3.05) is 0 Å². The molecule has 1 aromatic heterocycles. The van der Waals surface area contributed by atoms with Gasteiger partial charge in [-0.3, -0.25) is 9.78 Å². The van der Waals surface area contributed by atoms with Crippen LogP contribution in [0.3, 0.4) is 0 Å². The van der Waals surface area contributed by atoms with E-state index in [0.717, 1.165) is 10.0 Å². The van der Waals surface area contributed by atoms with Crippen LogP contribution in [0, 0.1) is 0 Å². The van der Waals surface area contributed by atoms with Crippen molar-refractivity contribution in [1.29, 1.82) is 0 Å². The van der Waals surface area contributed by atoms with Crippen molar-refractivity contribution in [1.82, 2.24) is 14.7 Å². The fourth-order valence-electron chi connectivity index (χ4n) is 2.63. The third-order valence-electron chi connectivity index (χ3n) is 3.98. The Kier molecular flexibility index (Phi) is 4.63. The monoisotopic (exact) mass is 437 g/mol. The summed E-state index contributed by atoms with van der Waals surface area (Å²) in [7, 11) is -3.90. The van der Waals surface area contributed by atoms with E-state index in [1.807, 2.05) is 24.3 Å². The second-order valence-corrected chi connectivity index (χ2v) is 8.95. The van der Waals surface area contributed by atoms with Gasteiger partial charge in [0.15, 0.2) is 0 Å². The lowest BCUT2D eigenvalue weighted by atomic mass is 9.96. The van der Waals surface area contributed by atoms with E-state index < -0.39 is 26.8 Å². The first kappa shape index (κ1) is 18.6. The van der Waals surface area contributed by atoms with Gasteiger partial charge in [-0.1, -0.05) is 28.1 Å². The van der Waals surface area contributed by atoms with E-state index in [2.05, 4.69) is 30.6 Å². The molecule has 0 fully saturated rings. The molecule has 26 heavy (non-hydrogen) atoms. The minimum absolute atomic E-state index is 0.0623. The van der Waals surface area contributed by atoms with Crippen LogP contribution in [0.4, 0.5) is 0 Å². The first-order chi connectivity index (χ1) is 12.1. The molecule has 9 heteroatoms. The molecule has 0 aliphatic heterocycles. The summed E-state index contributed by atoms with van der Waals surface area (Å²) in [5.74, 6) is 0. The van der Waals surface area contributed by atoms with E-state index in [0.29, 0.717) is 0 Å². The van der Waals surface area contributed by atoms with Crippen molar-refractivity contribution in [3.63, 3.8) is 0 Å². The maximum absolute atomic E-state index is 12.8. The van der Waals surface area contributed by atoms with E-state index >= 15 is 0 Å². The Bertz CT molecular complexity index is 1200. The summed E-state index contributed by atoms with van der Waals surface area (Å²) in [5, 5.41) is 0.0916. The molecule has 3 aromatic rings. The zero-order valence-corrected chi connectivity index (χ0v) is 16.4.